The Morgan fingerprint density at radius 2 is 1.82 bits per heavy atom. The lowest BCUT2D eigenvalue weighted by molar-refractivity contribution is -0.134. The van der Waals surface area contributed by atoms with Gasteiger partial charge in [0.2, 0.25) is 5.91 Å². The summed E-state index contributed by atoms with van der Waals surface area (Å²) in [4.78, 5) is 35.7. The minimum Gasteiger partial charge on any atom is -0.368 e. The van der Waals surface area contributed by atoms with Crippen LogP contribution in [0.1, 0.15) is 38.5 Å². The van der Waals surface area contributed by atoms with Gasteiger partial charge in [0.1, 0.15) is 12.1 Å². The third-order valence-corrected chi connectivity index (χ3v) is 3.52. The third-order valence-electron chi connectivity index (χ3n) is 3.52. The highest BCUT2D eigenvalue weighted by Crippen LogP contribution is 2.32. The molecule has 1 aliphatic carbocycles. The van der Waals surface area contributed by atoms with Crippen molar-refractivity contribution in [2.75, 3.05) is 6.54 Å². The molecule has 0 unspecified atom stereocenters. The Morgan fingerprint density at radius 1 is 1.24 bits per heavy atom. The van der Waals surface area contributed by atoms with Crippen LogP contribution in [0.3, 0.4) is 0 Å². The van der Waals surface area contributed by atoms with Crippen LogP contribution in [-0.4, -0.2) is 34.8 Å². The molecule has 2 aliphatic rings. The van der Waals surface area contributed by atoms with E-state index < -0.39 is 17.5 Å². The van der Waals surface area contributed by atoms with Crippen molar-refractivity contribution in [3.8, 4) is 0 Å². The van der Waals surface area contributed by atoms with Gasteiger partial charge >= 0.3 is 6.03 Å². The minimum atomic E-state index is -0.775. The number of rotatable bonds is 2. The summed E-state index contributed by atoms with van der Waals surface area (Å²) in [6.07, 6.45) is 5.34. The monoisotopic (exact) mass is 239 g/mol. The first kappa shape index (κ1) is 11.9. The highest BCUT2D eigenvalue weighted by molar-refractivity contribution is 6.08. The number of hydrogen-bond donors (Lipinski definition) is 2. The zero-order chi connectivity index (χ0) is 12.5. The molecule has 6 nitrogen and oxygen atoms in total. The van der Waals surface area contributed by atoms with Crippen LogP contribution in [0.25, 0.3) is 0 Å². The van der Waals surface area contributed by atoms with Gasteiger partial charge in [-0.25, -0.2) is 4.79 Å². The van der Waals surface area contributed by atoms with Gasteiger partial charge in [0.25, 0.3) is 5.91 Å². The molecule has 17 heavy (non-hydrogen) atoms. The Labute approximate surface area is 99.5 Å². The van der Waals surface area contributed by atoms with Crippen molar-refractivity contribution >= 4 is 17.8 Å². The molecule has 1 saturated carbocycles. The highest BCUT2D eigenvalue weighted by Gasteiger charge is 2.50. The van der Waals surface area contributed by atoms with Crippen molar-refractivity contribution < 1.29 is 14.4 Å². The zero-order valence-corrected chi connectivity index (χ0v) is 9.70. The molecule has 0 aromatic heterocycles. The Kier molecular flexibility index (Phi) is 3.04. The van der Waals surface area contributed by atoms with Crippen molar-refractivity contribution in [2.45, 2.75) is 44.1 Å². The number of nitrogens with zero attached hydrogens (tertiary/aromatic N) is 1. The first-order valence-electron chi connectivity index (χ1n) is 5.98. The Balaban J connectivity index is 2.18. The van der Waals surface area contributed by atoms with E-state index in [1.54, 1.807) is 0 Å². The fraction of sp³-hybridized carbons (Fsp3) is 0.727. The number of imide groups is 1. The van der Waals surface area contributed by atoms with Crippen LogP contribution < -0.4 is 11.1 Å². The Bertz CT molecular complexity index is 359. The predicted octanol–water partition coefficient (Wildman–Crippen LogP) is 0.116. The van der Waals surface area contributed by atoms with Crippen molar-refractivity contribution in [3.05, 3.63) is 0 Å². The van der Waals surface area contributed by atoms with Gasteiger partial charge in [-0.2, -0.15) is 0 Å². The molecule has 0 radical (unpaired) electrons. The number of primary amides is 1. The van der Waals surface area contributed by atoms with Gasteiger partial charge in [-0.15, -0.1) is 0 Å². The summed E-state index contributed by atoms with van der Waals surface area (Å²) in [5, 5.41) is 2.74. The van der Waals surface area contributed by atoms with Crippen LogP contribution in [0.5, 0.6) is 0 Å². The topological polar surface area (TPSA) is 92.5 Å². The third kappa shape index (κ3) is 2.11. The van der Waals surface area contributed by atoms with E-state index in [0.717, 1.165) is 30.6 Å². The van der Waals surface area contributed by atoms with Crippen LogP contribution in [0.15, 0.2) is 0 Å². The molecular weight excluding hydrogens is 222 g/mol. The molecule has 0 bridgehead atoms. The van der Waals surface area contributed by atoms with E-state index in [-0.39, 0.29) is 12.5 Å². The van der Waals surface area contributed by atoms with Gasteiger partial charge in [0, 0.05) is 0 Å². The molecule has 2 rings (SSSR count). The van der Waals surface area contributed by atoms with E-state index in [0.29, 0.717) is 12.8 Å². The summed E-state index contributed by atoms with van der Waals surface area (Å²) >= 11 is 0. The SMILES string of the molecule is NC(=O)CN1C(=O)NC2(CCCCCC2)C1=O. The molecule has 0 aromatic rings. The summed E-state index contributed by atoms with van der Waals surface area (Å²) in [6, 6.07) is -0.490. The summed E-state index contributed by atoms with van der Waals surface area (Å²) in [6.45, 7) is -0.327. The zero-order valence-electron chi connectivity index (χ0n) is 9.70. The maximum atomic E-state index is 12.2. The number of nitrogens with one attached hydrogen (secondary N) is 1. The van der Waals surface area contributed by atoms with Gasteiger partial charge in [0.15, 0.2) is 0 Å². The number of carbonyl (C=O) groups excluding carboxylic acids is 3. The van der Waals surface area contributed by atoms with Crippen molar-refractivity contribution in [2.24, 2.45) is 5.73 Å². The van der Waals surface area contributed by atoms with Gasteiger partial charge in [0.05, 0.1) is 0 Å². The molecular formula is C11H17N3O3. The average molecular weight is 239 g/mol. The number of carbonyl (C=O) groups is 3. The fourth-order valence-electron chi connectivity index (χ4n) is 2.65. The molecule has 0 atom stereocenters. The van der Waals surface area contributed by atoms with Crippen LogP contribution >= 0.6 is 0 Å². The molecule has 1 heterocycles. The van der Waals surface area contributed by atoms with E-state index in [2.05, 4.69) is 5.32 Å². The molecule has 2 fully saturated rings. The molecule has 6 heteroatoms. The lowest BCUT2D eigenvalue weighted by Crippen LogP contribution is -2.47. The van der Waals surface area contributed by atoms with E-state index in [4.69, 9.17) is 5.73 Å². The second-order valence-electron chi connectivity index (χ2n) is 4.78. The smallest absolute Gasteiger partial charge is 0.325 e. The van der Waals surface area contributed by atoms with Crippen LogP contribution in [0.2, 0.25) is 0 Å². The summed E-state index contributed by atoms with van der Waals surface area (Å²) < 4.78 is 0. The van der Waals surface area contributed by atoms with E-state index in [9.17, 15) is 14.4 Å². The summed E-state index contributed by atoms with van der Waals surface area (Å²) in [5.74, 6) is -0.956. The van der Waals surface area contributed by atoms with Crippen LogP contribution in [0.4, 0.5) is 4.79 Å². The second-order valence-corrected chi connectivity index (χ2v) is 4.78. The lowest BCUT2D eigenvalue weighted by atomic mass is 9.90. The quantitative estimate of drug-likeness (QED) is 0.670. The van der Waals surface area contributed by atoms with Crippen molar-refractivity contribution in [1.29, 1.82) is 0 Å². The average Bonchev–Trinajstić information content (AvgIpc) is 2.48. The normalized spacial score (nSPS) is 23.6. The molecule has 94 valence electrons. The molecule has 4 amide bonds. The maximum absolute atomic E-state index is 12.2. The molecule has 1 spiro atoms. The fourth-order valence-corrected chi connectivity index (χ4v) is 2.65. The van der Waals surface area contributed by atoms with Crippen LogP contribution in [0, 0.1) is 0 Å². The number of urea groups is 1. The first-order chi connectivity index (χ1) is 8.05. The van der Waals surface area contributed by atoms with Gasteiger partial charge in [-0.1, -0.05) is 25.7 Å². The Hall–Kier alpha value is -1.59. The van der Waals surface area contributed by atoms with E-state index >= 15 is 0 Å². The Morgan fingerprint density at radius 3 is 2.35 bits per heavy atom. The van der Waals surface area contributed by atoms with Gasteiger partial charge in [-0.05, 0) is 12.8 Å². The number of nitrogens with two attached hydrogens (primary N) is 1. The lowest BCUT2D eigenvalue weighted by Gasteiger charge is -2.24. The van der Waals surface area contributed by atoms with Crippen LogP contribution in [-0.2, 0) is 9.59 Å². The number of hydrogen-bond acceptors (Lipinski definition) is 3. The largest absolute Gasteiger partial charge is 0.368 e. The standard InChI is InChI=1S/C11H17N3O3/c12-8(15)7-14-9(16)11(13-10(14)17)5-3-1-2-4-6-11/h1-7H2,(H2,12,15)(H,13,17). The molecule has 3 N–H and O–H groups in total. The van der Waals surface area contributed by atoms with Crippen molar-refractivity contribution in [3.63, 3.8) is 0 Å². The first-order valence-corrected chi connectivity index (χ1v) is 5.98. The van der Waals surface area contributed by atoms with Gasteiger partial charge < -0.3 is 11.1 Å². The predicted molar refractivity (Wildman–Crippen MR) is 59.9 cm³/mol. The van der Waals surface area contributed by atoms with E-state index in [1.165, 1.54) is 0 Å². The summed E-state index contributed by atoms with van der Waals surface area (Å²) in [5.41, 5.74) is 4.26. The number of amides is 4. The molecule has 1 aliphatic heterocycles. The van der Waals surface area contributed by atoms with Crippen molar-refractivity contribution in [1.82, 2.24) is 10.2 Å². The summed E-state index contributed by atoms with van der Waals surface area (Å²) in [7, 11) is 0. The highest BCUT2D eigenvalue weighted by atomic mass is 16.2. The molecule has 0 aromatic carbocycles. The second kappa shape index (κ2) is 4.35. The van der Waals surface area contributed by atoms with Gasteiger partial charge in [-0.3, -0.25) is 14.5 Å². The van der Waals surface area contributed by atoms with E-state index in [1.807, 2.05) is 0 Å². The maximum Gasteiger partial charge on any atom is 0.325 e. The molecule has 1 saturated heterocycles. The minimum absolute atomic E-state index is 0.289.